The van der Waals surface area contributed by atoms with Gasteiger partial charge in [-0.1, -0.05) is 24.6 Å². The minimum absolute atomic E-state index is 0.301. The molecule has 1 rings (SSSR count). The van der Waals surface area contributed by atoms with Gasteiger partial charge in [0.2, 0.25) is 0 Å². The van der Waals surface area contributed by atoms with E-state index in [2.05, 4.69) is 31.3 Å². The molecule has 1 N–H and O–H groups in total. The van der Waals surface area contributed by atoms with Crippen LogP contribution in [0.15, 0.2) is 23.1 Å². The van der Waals surface area contributed by atoms with Crippen molar-refractivity contribution in [1.82, 2.24) is 5.32 Å². The second-order valence-electron chi connectivity index (χ2n) is 4.20. The number of ether oxygens (including phenoxy) is 1. The van der Waals surface area contributed by atoms with Crippen LogP contribution in [0.1, 0.15) is 31.9 Å². The van der Waals surface area contributed by atoms with E-state index in [4.69, 9.17) is 16.3 Å². The second-order valence-corrected chi connectivity index (χ2v) is 5.78. The molecule has 0 aromatic heterocycles. The van der Waals surface area contributed by atoms with Gasteiger partial charge in [-0.05, 0) is 37.6 Å². The normalized spacial score (nSPS) is 12.7. The van der Waals surface area contributed by atoms with Gasteiger partial charge in [0.1, 0.15) is 0 Å². The predicted octanol–water partition coefficient (Wildman–Crippen LogP) is 4.14. The third-order valence-electron chi connectivity index (χ3n) is 2.70. The van der Waals surface area contributed by atoms with Crippen molar-refractivity contribution >= 4 is 23.4 Å². The molecule has 0 fully saturated rings. The number of benzene rings is 1. The largest absolute Gasteiger partial charge is 0.384 e. The lowest BCUT2D eigenvalue weighted by Crippen LogP contribution is -2.19. The number of thioether (sulfide) groups is 1. The van der Waals surface area contributed by atoms with Crippen LogP contribution < -0.4 is 5.32 Å². The van der Waals surface area contributed by atoms with Gasteiger partial charge in [-0.2, -0.15) is 0 Å². The fraction of sp³-hybridized carbons (Fsp3) is 0.571. The summed E-state index contributed by atoms with van der Waals surface area (Å²) in [6, 6.07) is 6.59. The first-order valence-electron chi connectivity index (χ1n) is 6.33. The summed E-state index contributed by atoms with van der Waals surface area (Å²) in [5.74, 6) is 0.954. The molecule has 0 bridgehead atoms. The lowest BCUT2D eigenvalue weighted by atomic mass is 10.1. The van der Waals surface area contributed by atoms with Crippen molar-refractivity contribution in [3.8, 4) is 0 Å². The van der Waals surface area contributed by atoms with Crippen LogP contribution in [-0.4, -0.2) is 26.0 Å². The molecule has 102 valence electrons. The fourth-order valence-electron chi connectivity index (χ4n) is 1.66. The SMILES string of the molecule is CCCNC(C)c1ccc(SCCOC)cc1Cl. The molecule has 0 aliphatic carbocycles. The molecule has 18 heavy (non-hydrogen) atoms. The van der Waals surface area contributed by atoms with Gasteiger partial charge < -0.3 is 10.1 Å². The Hall–Kier alpha value is -0.220. The van der Waals surface area contributed by atoms with Crippen LogP contribution in [0.25, 0.3) is 0 Å². The smallest absolute Gasteiger partial charge is 0.0556 e. The van der Waals surface area contributed by atoms with Crippen LogP contribution >= 0.6 is 23.4 Å². The molecule has 1 atom stereocenters. The summed E-state index contributed by atoms with van der Waals surface area (Å²) in [7, 11) is 1.72. The maximum Gasteiger partial charge on any atom is 0.0556 e. The van der Waals surface area contributed by atoms with Gasteiger partial charge in [-0.25, -0.2) is 0 Å². The molecule has 4 heteroatoms. The van der Waals surface area contributed by atoms with E-state index in [0.717, 1.165) is 30.3 Å². The topological polar surface area (TPSA) is 21.3 Å². The summed E-state index contributed by atoms with van der Waals surface area (Å²) >= 11 is 8.10. The highest BCUT2D eigenvalue weighted by atomic mass is 35.5. The molecule has 0 saturated carbocycles. The third kappa shape index (κ3) is 5.19. The van der Waals surface area contributed by atoms with Gasteiger partial charge in [0, 0.05) is 28.8 Å². The molecule has 1 unspecified atom stereocenters. The summed E-state index contributed by atoms with van der Waals surface area (Å²) in [5, 5.41) is 4.29. The van der Waals surface area contributed by atoms with E-state index in [-0.39, 0.29) is 0 Å². The number of hydrogen-bond acceptors (Lipinski definition) is 3. The van der Waals surface area contributed by atoms with Crippen molar-refractivity contribution in [1.29, 1.82) is 0 Å². The summed E-state index contributed by atoms with van der Waals surface area (Å²) in [6.07, 6.45) is 1.13. The third-order valence-corrected chi connectivity index (χ3v) is 3.98. The van der Waals surface area contributed by atoms with E-state index in [0.29, 0.717) is 6.04 Å². The number of hydrogen-bond donors (Lipinski definition) is 1. The van der Waals surface area contributed by atoms with E-state index < -0.39 is 0 Å². The van der Waals surface area contributed by atoms with Gasteiger partial charge in [-0.3, -0.25) is 0 Å². The zero-order valence-corrected chi connectivity index (χ0v) is 12.9. The van der Waals surface area contributed by atoms with Crippen molar-refractivity contribution in [3.05, 3.63) is 28.8 Å². The summed E-state index contributed by atoms with van der Waals surface area (Å²) in [6.45, 7) is 6.09. The second kappa shape index (κ2) is 8.81. The maximum absolute atomic E-state index is 6.33. The monoisotopic (exact) mass is 287 g/mol. The van der Waals surface area contributed by atoms with Gasteiger partial charge in [0.25, 0.3) is 0 Å². The highest BCUT2D eigenvalue weighted by Gasteiger charge is 2.09. The first kappa shape index (κ1) is 15.8. The van der Waals surface area contributed by atoms with Crippen molar-refractivity contribution < 1.29 is 4.74 Å². The van der Waals surface area contributed by atoms with Crippen molar-refractivity contribution in [2.75, 3.05) is 26.0 Å². The van der Waals surface area contributed by atoms with Gasteiger partial charge in [0.05, 0.1) is 6.61 Å². The first-order valence-corrected chi connectivity index (χ1v) is 7.70. The van der Waals surface area contributed by atoms with E-state index in [1.54, 1.807) is 18.9 Å². The van der Waals surface area contributed by atoms with Crippen LogP contribution in [-0.2, 0) is 4.74 Å². The molecule has 1 aromatic rings. The minimum atomic E-state index is 0.301. The van der Waals surface area contributed by atoms with Crippen LogP contribution in [0.2, 0.25) is 5.02 Å². The zero-order chi connectivity index (χ0) is 13.4. The molecule has 0 radical (unpaired) electrons. The number of methoxy groups -OCH3 is 1. The van der Waals surface area contributed by atoms with Crippen LogP contribution in [0, 0.1) is 0 Å². The molecular weight excluding hydrogens is 266 g/mol. The Labute approximate surface area is 119 Å². The molecule has 0 aliphatic rings. The summed E-state index contributed by atoms with van der Waals surface area (Å²) in [5.41, 5.74) is 1.17. The fourth-order valence-corrected chi connectivity index (χ4v) is 2.92. The van der Waals surface area contributed by atoms with E-state index >= 15 is 0 Å². The van der Waals surface area contributed by atoms with E-state index in [1.165, 1.54) is 10.5 Å². The average Bonchev–Trinajstić information content (AvgIpc) is 2.36. The lowest BCUT2D eigenvalue weighted by molar-refractivity contribution is 0.218. The Balaban J connectivity index is 2.61. The molecule has 0 aliphatic heterocycles. The minimum Gasteiger partial charge on any atom is -0.384 e. The maximum atomic E-state index is 6.33. The van der Waals surface area contributed by atoms with Gasteiger partial charge >= 0.3 is 0 Å². The van der Waals surface area contributed by atoms with Crippen molar-refractivity contribution in [3.63, 3.8) is 0 Å². The zero-order valence-electron chi connectivity index (χ0n) is 11.3. The van der Waals surface area contributed by atoms with Crippen LogP contribution in [0.5, 0.6) is 0 Å². The standard InChI is InChI=1S/C14H22ClNOS/c1-4-7-16-11(2)13-6-5-12(10-14(13)15)18-9-8-17-3/h5-6,10-11,16H,4,7-9H2,1-3H3. The molecule has 0 spiro atoms. The van der Waals surface area contributed by atoms with Gasteiger partial charge in [0.15, 0.2) is 0 Å². The van der Waals surface area contributed by atoms with E-state index in [1.807, 2.05) is 6.07 Å². The summed E-state index contributed by atoms with van der Waals surface area (Å²) in [4.78, 5) is 1.20. The van der Waals surface area contributed by atoms with Crippen LogP contribution in [0.3, 0.4) is 0 Å². The Kier molecular flexibility index (Phi) is 7.75. The number of rotatable bonds is 8. The Morgan fingerprint density at radius 1 is 1.44 bits per heavy atom. The molecule has 0 heterocycles. The highest BCUT2D eigenvalue weighted by molar-refractivity contribution is 7.99. The average molecular weight is 288 g/mol. The van der Waals surface area contributed by atoms with Crippen molar-refractivity contribution in [2.24, 2.45) is 0 Å². The molecule has 2 nitrogen and oxygen atoms in total. The van der Waals surface area contributed by atoms with E-state index in [9.17, 15) is 0 Å². The van der Waals surface area contributed by atoms with Gasteiger partial charge in [-0.15, -0.1) is 11.8 Å². The Morgan fingerprint density at radius 3 is 2.83 bits per heavy atom. The quantitative estimate of drug-likeness (QED) is 0.573. The van der Waals surface area contributed by atoms with Crippen LogP contribution in [0.4, 0.5) is 0 Å². The predicted molar refractivity (Wildman–Crippen MR) is 80.8 cm³/mol. The van der Waals surface area contributed by atoms with Crippen molar-refractivity contribution in [2.45, 2.75) is 31.2 Å². The molecular formula is C14H22ClNOS. The number of nitrogens with one attached hydrogen (secondary N) is 1. The molecule has 1 aromatic carbocycles. The number of halogens is 1. The first-order chi connectivity index (χ1) is 8.69. The molecule has 0 saturated heterocycles. The Bertz CT molecular complexity index is 360. The highest BCUT2D eigenvalue weighted by Crippen LogP contribution is 2.28. The summed E-state index contributed by atoms with van der Waals surface area (Å²) < 4.78 is 5.04. The lowest BCUT2D eigenvalue weighted by Gasteiger charge is -2.16. The molecule has 0 amide bonds. The Morgan fingerprint density at radius 2 is 2.22 bits per heavy atom.